The molecule has 0 aliphatic carbocycles. The molecule has 3 aromatic rings. The van der Waals surface area contributed by atoms with Gasteiger partial charge in [0.05, 0.1) is 26.0 Å². The summed E-state index contributed by atoms with van der Waals surface area (Å²) < 4.78 is 32.8. The molecule has 11 heteroatoms. The summed E-state index contributed by atoms with van der Waals surface area (Å²) >= 11 is 0. The van der Waals surface area contributed by atoms with Crippen LogP contribution in [-0.4, -0.2) is 86.0 Å². The fourth-order valence-corrected chi connectivity index (χ4v) is 4.90. The summed E-state index contributed by atoms with van der Waals surface area (Å²) in [5.74, 6) is 2.64. The minimum atomic E-state index is -0.249. The van der Waals surface area contributed by atoms with E-state index in [4.69, 9.17) is 28.1 Å². The highest BCUT2D eigenvalue weighted by molar-refractivity contribution is 5.97. The van der Waals surface area contributed by atoms with Gasteiger partial charge in [-0.3, -0.25) is 14.5 Å². The molecule has 2 amide bonds. The maximum absolute atomic E-state index is 13.8. The van der Waals surface area contributed by atoms with E-state index in [0.717, 1.165) is 18.7 Å². The van der Waals surface area contributed by atoms with E-state index in [2.05, 4.69) is 4.90 Å². The van der Waals surface area contributed by atoms with Crippen molar-refractivity contribution in [2.75, 3.05) is 59.5 Å². The summed E-state index contributed by atoms with van der Waals surface area (Å²) in [5.41, 5.74) is 1.32. The molecule has 4 heterocycles. The Bertz CT molecular complexity index is 1340. The highest BCUT2D eigenvalue weighted by Gasteiger charge is 2.26. The van der Waals surface area contributed by atoms with Crippen molar-refractivity contribution in [3.8, 4) is 23.0 Å². The summed E-state index contributed by atoms with van der Waals surface area (Å²) in [7, 11) is 0. The van der Waals surface area contributed by atoms with Crippen molar-refractivity contribution < 1.29 is 37.7 Å². The molecule has 1 fully saturated rings. The number of rotatable bonds is 10. The Morgan fingerprint density at radius 2 is 1.52 bits per heavy atom. The van der Waals surface area contributed by atoms with Gasteiger partial charge in [-0.25, -0.2) is 0 Å². The lowest BCUT2D eigenvalue weighted by Gasteiger charge is -2.31. The number of amides is 2. The third-order valence-electron chi connectivity index (χ3n) is 7.11. The van der Waals surface area contributed by atoms with Gasteiger partial charge in [0.25, 0.3) is 5.91 Å². The van der Waals surface area contributed by atoms with Gasteiger partial charge < -0.3 is 37.9 Å². The Hall–Kier alpha value is -4.22. The second kappa shape index (κ2) is 11.9. The molecule has 0 saturated carbocycles. The second-order valence-corrected chi connectivity index (χ2v) is 9.77. The van der Waals surface area contributed by atoms with Gasteiger partial charge >= 0.3 is 0 Å². The van der Waals surface area contributed by atoms with Crippen LogP contribution < -0.4 is 18.9 Å². The summed E-state index contributed by atoms with van der Waals surface area (Å²) in [4.78, 5) is 33.1. The van der Waals surface area contributed by atoms with Crippen LogP contribution in [0.5, 0.6) is 23.0 Å². The predicted octanol–water partition coefficient (Wildman–Crippen LogP) is 2.74. The van der Waals surface area contributed by atoms with Crippen LogP contribution in [0.25, 0.3) is 0 Å². The molecule has 1 saturated heterocycles. The highest BCUT2D eigenvalue weighted by Crippen LogP contribution is 2.34. The first-order valence-electron chi connectivity index (χ1n) is 13.3. The van der Waals surface area contributed by atoms with Gasteiger partial charge in [-0.1, -0.05) is 6.07 Å². The number of fused-ring (bicyclic) bond motifs is 2. The van der Waals surface area contributed by atoms with E-state index < -0.39 is 0 Å². The van der Waals surface area contributed by atoms with Crippen molar-refractivity contribution >= 4 is 11.8 Å². The Labute approximate surface area is 231 Å². The highest BCUT2D eigenvalue weighted by atomic mass is 16.7. The Balaban J connectivity index is 1.21. The topological polar surface area (TPSA) is 103 Å². The molecule has 210 valence electrons. The first kappa shape index (κ1) is 26.0. The van der Waals surface area contributed by atoms with E-state index in [9.17, 15) is 9.59 Å². The van der Waals surface area contributed by atoms with Crippen LogP contribution in [0.2, 0.25) is 0 Å². The Kier molecular flexibility index (Phi) is 7.73. The minimum Gasteiger partial charge on any atom is -0.467 e. The number of morpholine rings is 1. The van der Waals surface area contributed by atoms with Crippen molar-refractivity contribution in [2.24, 2.45) is 0 Å². The number of carbonyl (C=O) groups is 2. The standard InChI is InChI=1S/C29H31N3O8/c33-28(32(17-23-2-1-11-36-23)16-21-3-5-24-26(14-21)39-19-37-24)18-31(8-7-30-9-12-35-13-10-30)29(34)22-4-6-25-27(15-22)40-20-38-25/h1-6,11,14-15H,7-10,12-13,16-20H2. The number of nitrogens with zero attached hydrogens (tertiary/aromatic N) is 3. The third kappa shape index (κ3) is 6.00. The zero-order valence-corrected chi connectivity index (χ0v) is 22.1. The first-order chi connectivity index (χ1) is 19.6. The second-order valence-electron chi connectivity index (χ2n) is 9.77. The van der Waals surface area contributed by atoms with Crippen LogP contribution in [0, 0.1) is 0 Å². The predicted molar refractivity (Wildman–Crippen MR) is 141 cm³/mol. The van der Waals surface area contributed by atoms with Crippen LogP contribution in [0.3, 0.4) is 0 Å². The zero-order chi connectivity index (χ0) is 27.3. The summed E-state index contributed by atoms with van der Waals surface area (Å²) in [6, 6.07) is 14.3. The third-order valence-corrected chi connectivity index (χ3v) is 7.11. The van der Waals surface area contributed by atoms with Gasteiger partial charge in [-0.2, -0.15) is 0 Å². The maximum atomic E-state index is 13.8. The average Bonchev–Trinajstić information content (AvgIpc) is 3.76. The van der Waals surface area contributed by atoms with E-state index >= 15 is 0 Å². The molecule has 6 rings (SSSR count). The maximum Gasteiger partial charge on any atom is 0.254 e. The van der Waals surface area contributed by atoms with Crippen LogP contribution >= 0.6 is 0 Å². The van der Waals surface area contributed by atoms with Crippen molar-refractivity contribution in [2.45, 2.75) is 13.1 Å². The molecule has 40 heavy (non-hydrogen) atoms. The number of carbonyl (C=O) groups excluding carboxylic acids is 2. The van der Waals surface area contributed by atoms with Crippen molar-refractivity contribution in [1.29, 1.82) is 0 Å². The summed E-state index contributed by atoms with van der Waals surface area (Å²) in [5, 5.41) is 0. The van der Waals surface area contributed by atoms with Crippen LogP contribution in [0.15, 0.2) is 59.2 Å². The summed E-state index contributed by atoms with van der Waals surface area (Å²) in [6.07, 6.45) is 1.58. The minimum absolute atomic E-state index is 0.0944. The molecule has 0 unspecified atom stereocenters. The van der Waals surface area contributed by atoms with Gasteiger partial charge in [0.1, 0.15) is 12.3 Å². The summed E-state index contributed by atoms with van der Waals surface area (Å²) in [6.45, 7) is 4.67. The molecule has 11 nitrogen and oxygen atoms in total. The fourth-order valence-electron chi connectivity index (χ4n) is 4.90. The number of ether oxygens (including phenoxy) is 5. The average molecular weight is 550 g/mol. The first-order valence-corrected chi connectivity index (χ1v) is 13.3. The van der Waals surface area contributed by atoms with E-state index in [-0.39, 0.29) is 38.5 Å². The number of hydrogen-bond acceptors (Lipinski definition) is 9. The lowest BCUT2D eigenvalue weighted by atomic mass is 10.1. The molecule has 3 aliphatic rings. The van der Waals surface area contributed by atoms with Gasteiger partial charge in [0, 0.05) is 38.3 Å². The molecule has 0 bridgehead atoms. The fraction of sp³-hybridized carbons (Fsp3) is 0.379. The van der Waals surface area contributed by atoms with Crippen molar-refractivity contribution in [3.63, 3.8) is 0 Å². The van der Waals surface area contributed by atoms with Gasteiger partial charge in [0.15, 0.2) is 23.0 Å². The molecule has 0 atom stereocenters. The van der Waals surface area contributed by atoms with Gasteiger partial charge in [-0.15, -0.1) is 0 Å². The van der Waals surface area contributed by atoms with Crippen LogP contribution in [0.4, 0.5) is 0 Å². The molecule has 2 aromatic carbocycles. The lowest BCUT2D eigenvalue weighted by Crippen LogP contribution is -2.47. The van der Waals surface area contributed by atoms with Crippen LogP contribution in [0.1, 0.15) is 21.7 Å². The van der Waals surface area contributed by atoms with Gasteiger partial charge in [0.2, 0.25) is 19.5 Å². The van der Waals surface area contributed by atoms with Crippen molar-refractivity contribution in [3.05, 3.63) is 71.7 Å². The number of furan rings is 1. The molecule has 1 aromatic heterocycles. The molecular weight excluding hydrogens is 518 g/mol. The van der Waals surface area contributed by atoms with E-state index in [1.807, 2.05) is 24.3 Å². The Morgan fingerprint density at radius 1 is 0.800 bits per heavy atom. The van der Waals surface area contributed by atoms with Crippen molar-refractivity contribution in [1.82, 2.24) is 14.7 Å². The van der Waals surface area contributed by atoms with Gasteiger partial charge in [-0.05, 0) is 48.0 Å². The van der Waals surface area contributed by atoms with E-state index in [1.54, 1.807) is 40.3 Å². The molecule has 3 aliphatic heterocycles. The monoisotopic (exact) mass is 549 g/mol. The number of hydrogen-bond donors (Lipinski definition) is 0. The normalized spacial score (nSPS) is 15.7. The SMILES string of the molecule is O=C(CN(CCN1CCOCC1)C(=O)c1ccc2c(c1)OCO2)N(Cc1ccc2c(c1)OCO2)Cc1ccco1. The molecular formula is C29H31N3O8. The van der Waals surface area contributed by atoms with E-state index in [1.165, 1.54) is 0 Å². The molecule has 0 N–H and O–H groups in total. The molecule has 0 radical (unpaired) electrons. The zero-order valence-electron chi connectivity index (χ0n) is 22.1. The Morgan fingerprint density at radius 3 is 2.27 bits per heavy atom. The molecule has 0 spiro atoms. The quantitative estimate of drug-likeness (QED) is 0.378. The van der Waals surface area contributed by atoms with Crippen LogP contribution in [-0.2, 0) is 22.6 Å². The van der Waals surface area contributed by atoms with E-state index in [0.29, 0.717) is 67.2 Å². The smallest absolute Gasteiger partial charge is 0.254 e. The lowest BCUT2D eigenvalue weighted by molar-refractivity contribution is -0.133. The number of benzene rings is 2. The largest absolute Gasteiger partial charge is 0.467 e.